The third-order valence-electron chi connectivity index (χ3n) is 4.47. The van der Waals surface area contributed by atoms with Gasteiger partial charge in [-0.1, -0.05) is 60.4 Å². The van der Waals surface area contributed by atoms with Gasteiger partial charge in [-0.2, -0.15) is 0 Å². The molecular formula is C21H20N2O4. The Bertz CT molecular complexity index is 868. The van der Waals surface area contributed by atoms with Gasteiger partial charge in [0.15, 0.2) is 0 Å². The van der Waals surface area contributed by atoms with Crippen LogP contribution in [0.4, 0.5) is 4.79 Å². The summed E-state index contributed by atoms with van der Waals surface area (Å²) >= 11 is 0. The zero-order valence-corrected chi connectivity index (χ0v) is 14.6. The zero-order chi connectivity index (χ0) is 19.2. The van der Waals surface area contributed by atoms with Gasteiger partial charge in [-0.05, 0) is 22.3 Å². The van der Waals surface area contributed by atoms with E-state index in [1.165, 1.54) is 0 Å². The number of alkyl carbamates (subject to hydrolysis) is 1. The largest absolute Gasteiger partial charge is 0.480 e. The van der Waals surface area contributed by atoms with Crippen molar-refractivity contribution >= 4 is 12.1 Å². The Hall–Kier alpha value is -3.30. The van der Waals surface area contributed by atoms with Gasteiger partial charge in [-0.15, -0.1) is 0 Å². The molecule has 4 N–H and O–H groups in total. The molecule has 2 aromatic rings. The molecule has 0 bridgehead atoms. The van der Waals surface area contributed by atoms with Crippen molar-refractivity contribution in [2.24, 2.45) is 5.73 Å². The minimum Gasteiger partial charge on any atom is -0.480 e. The fraction of sp³-hybridized carbons (Fsp3) is 0.238. The lowest BCUT2D eigenvalue weighted by Gasteiger charge is -2.16. The van der Waals surface area contributed by atoms with Crippen molar-refractivity contribution in [3.8, 4) is 23.0 Å². The van der Waals surface area contributed by atoms with Crippen molar-refractivity contribution in [2.75, 3.05) is 13.2 Å². The average molecular weight is 364 g/mol. The topological polar surface area (TPSA) is 102 Å². The molecule has 2 aromatic carbocycles. The van der Waals surface area contributed by atoms with E-state index >= 15 is 0 Å². The first-order valence-corrected chi connectivity index (χ1v) is 8.62. The summed E-state index contributed by atoms with van der Waals surface area (Å²) in [5.41, 5.74) is 9.69. The first-order valence-electron chi connectivity index (χ1n) is 8.62. The first kappa shape index (κ1) is 18.5. The monoisotopic (exact) mass is 364 g/mol. The van der Waals surface area contributed by atoms with Crippen LogP contribution in [0.5, 0.6) is 0 Å². The molecule has 138 valence electrons. The minimum absolute atomic E-state index is 0.0310. The fourth-order valence-electron chi connectivity index (χ4n) is 3.23. The molecular weight excluding hydrogens is 344 g/mol. The highest BCUT2D eigenvalue weighted by atomic mass is 16.5. The van der Waals surface area contributed by atoms with E-state index in [2.05, 4.69) is 17.2 Å². The molecule has 1 aliphatic rings. The van der Waals surface area contributed by atoms with Gasteiger partial charge >= 0.3 is 12.1 Å². The van der Waals surface area contributed by atoms with E-state index in [9.17, 15) is 14.7 Å². The number of fused-ring (bicyclic) bond motifs is 3. The molecule has 3 rings (SSSR count). The standard InChI is InChI=1S/C21H20N2O4/c22-12-6-5-11-19(20(24)25)23-21(26)27-13-18-16-9-3-1-7-14(16)15-8-2-4-10-17(15)18/h1-4,7-10,18-19H,11-13,22H2,(H,23,26)(H,24,25). The quantitative estimate of drug-likeness (QED) is 0.707. The Kier molecular flexibility index (Phi) is 5.74. The predicted octanol–water partition coefficient (Wildman–Crippen LogP) is 2.33. The number of nitrogens with one attached hydrogen (secondary N) is 1. The van der Waals surface area contributed by atoms with Crippen LogP contribution in [0.2, 0.25) is 0 Å². The molecule has 6 heteroatoms. The van der Waals surface area contributed by atoms with E-state index in [0.717, 1.165) is 22.3 Å². The van der Waals surface area contributed by atoms with Gasteiger partial charge in [0.25, 0.3) is 0 Å². The van der Waals surface area contributed by atoms with Crippen LogP contribution in [0.1, 0.15) is 23.5 Å². The van der Waals surface area contributed by atoms with E-state index in [-0.39, 0.29) is 25.5 Å². The second-order valence-electron chi connectivity index (χ2n) is 6.12. The van der Waals surface area contributed by atoms with E-state index < -0.39 is 18.1 Å². The highest BCUT2D eigenvalue weighted by Gasteiger charge is 2.29. The normalized spacial score (nSPS) is 12.9. The lowest BCUT2D eigenvalue weighted by atomic mass is 9.98. The maximum atomic E-state index is 12.1. The Morgan fingerprint density at radius 3 is 2.22 bits per heavy atom. The molecule has 0 saturated carbocycles. The smallest absolute Gasteiger partial charge is 0.407 e. The summed E-state index contributed by atoms with van der Waals surface area (Å²) < 4.78 is 5.34. The van der Waals surface area contributed by atoms with Crippen molar-refractivity contribution in [1.29, 1.82) is 0 Å². The molecule has 0 aromatic heterocycles. The van der Waals surface area contributed by atoms with Crippen LogP contribution in [-0.2, 0) is 9.53 Å². The Morgan fingerprint density at radius 2 is 1.67 bits per heavy atom. The van der Waals surface area contributed by atoms with Crippen LogP contribution in [0, 0.1) is 11.8 Å². The summed E-state index contributed by atoms with van der Waals surface area (Å²) in [7, 11) is 0. The lowest BCUT2D eigenvalue weighted by Crippen LogP contribution is -2.41. The van der Waals surface area contributed by atoms with Crippen LogP contribution >= 0.6 is 0 Å². The zero-order valence-electron chi connectivity index (χ0n) is 14.6. The highest BCUT2D eigenvalue weighted by Crippen LogP contribution is 2.44. The van der Waals surface area contributed by atoms with E-state index in [0.29, 0.717) is 0 Å². The van der Waals surface area contributed by atoms with Crippen molar-refractivity contribution in [3.63, 3.8) is 0 Å². The van der Waals surface area contributed by atoms with E-state index in [4.69, 9.17) is 10.5 Å². The van der Waals surface area contributed by atoms with Crippen LogP contribution in [0.25, 0.3) is 11.1 Å². The predicted molar refractivity (Wildman–Crippen MR) is 101 cm³/mol. The van der Waals surface area contributed by atoms with Crippen molar-refractivity contribution in [3.05, 3.63) is 59.7 Å². The molecule has 0 saturated heterocycles. The number of carboxylic acids is 1. The molecule has 0 radical (unpaired) electrons. The van der Waals surface area contributed by atoms with Crippen molar-refractivity contribution in [2.45, 2.75) is 18.4 Å². The van der Waals surface area contributed by atoms with Crippen LogP contribution < -0.4 is 11.1 Å². The highest BCUT2D eigenvalue weighted by molar-refractivity contribution is 5.81. The number of hydrogen-bond donors (Lipinski definition) is 3. The van der Waals surface area contributed by atoms with E-state index in [1.54, 1.807) is 0 Å². The van der Waals surface area contributed by atoms with Crippen molar-refractivity contribution in [1.82, 2.24) is 5.32 Å². The maximum absolute atomic E-state index is 12.1. The Labute approximate surface area is 157 Å². The number of carbonyl (C=O) groups is 2. The molecule has 1 atom stereocenters. The molecule has 0 heterocycles. The molecule has 0 aliphatic heterocycles. The second kappa shape index (κ2) is 8.39. The lowest BCUT2D eigenvalue weighted by molar-refractivity contribution is -0.139. The summed E-state index contributed by atoms with van der Waals surface area (Å²) in [6.45, 7) is 0.262. The van der Waals surface area contributed by atoms with Crippen LogP contribution in [0.3, 0.4) is 0 Å². The molecule has 1 aliphatic carbocycles. The van der Waals surface area contributed by atoms with Crippen LogP contribution in [-0.4, -0.2) is 36.4 Å². The Balaban J connectivity index is 1.67. The second-order valence-corrected chi connectivity index (χ2v) is 6.12. The first-order chi connectivity index (χ1) is 13.1. The summed E-state index contributed by atoms with van der Waals surface area (Å²) in [6.07, 6.45) is -0.810. The van der Waals surface area contributed by atoms with Gasteiger partial charge in [0.05, 0.1) is 6.54 Å². The SMILES string of the molecule is NCC#CCC(NC(=O)OCC1c2ccccc2-c2ccccc21)C(=O)O. The number of carbonyl (C=O) groups excluding carboxylic acids is 1. The minimum atomic E-state index is -1.17. The number of ether oxygens (including phenoxy) is 1. The van der Waals surface area contributed by atoms with Crippen molar-refractivity contribution < 1.29 is 19.4 Å². The molecule has 0 fully saturated rings. The fourth-order valence-corrected chi connectivity index (χ4v) is 3.23. The number of benzene rings is 2. The third-order valence-corrected chi connectivity index (χ3v) is 4.47. The summed E-state index contributed by atoms with van der Waals surface area (Å²) in [5, 5.41) is 11.5. The average Bonchev–Trinajstić information content (AvgIpc) is 2.99. The molecule has 0 spiro atoms. The van der Waals surface area contributed by atoms with Gasteiger partial charge in [-0.3, -0.25) is 0 Å². The summed E-state index contributed by atoms with van der Waals surface area (Å²) in [4.78, 5) is 23.3. The van der Waals surface area contributed by atoms with Gasteiger partial charge in [-0.25, -0.2) is 9.59 Å². The maximum Gasteiger partial charge on any atom is 0.407 e. The number of rotatable bonds is 5. The van der Waals surface area contributed by atoms with Gasteiger partial charge < -0.3 is 20.9 Å². The number of hydrogen-bond acceptors (Lipinski definition) is 4. The van der Waals surface area contributed by atoms with Crippen LogP contribution in [0.15, 0.2) is 48.5 Å². The molecule has 6 nitrogen and oxygen atoms in total. The third kappa shape index (κ3) is 4.10. The number of aliphatic carboxylic acids is 1. The molecule has 1 amide bonds. The summed E-state index contributed by atoms with van der Waals surface area (Å²) in [6, 6.07) is 14.8. The number of amides is 1. The van der Waals surface area contributed by atoms with Gasteiger partial charge in [0.1, 0.15) is 12.6 Å². The van der Waals surface area contributed by atoms with Gasteiger partial charge in [0.2, 0.25) is 0 Å². The summed E-state index contributed by atoms with van der Waals surface area (Å²) in [5.74, 6) is 3.95. The Morgan fingerprint density at radius 1 is 1.07 bits per heavy atom. The molecule has 27 heavy (non-hydrogen) atoms. The van der Waals surface area contributed by atoms with Gasteiger partial charge in [0, 0.05) is 12.3 Å². The van der Waals surface area contributed by atoms with E-state index in [1.807, 2.05) is 48.5 Å². The molecule has 1 unspecified atom stereocenters. The number of nitrogens with two attached hydrogens (primary N) is 1. The number of carboxylic acid groups (broad SMARTS) is 1.